The number of unbranched alkanes of at least 4 members (excludes halogenated alkanes) is 2. The van der Waals surface area contributed by atoms with Crippen LogP contribution in [0.5, 0.6) is 0 Å². The Morgan fingerprint density at radius 1 is 0.849 bits per heavy atom. The Morgan fingerprint density at radius 2 is 1.43 bits per heavy atom. The monoisotopic (exact) mass is 742 g/mol. The van der Waals surface area contributed by atoms with Crippen LogP contribution in [-0.2, 0) is 49.8 Å². The van der Waals surface area contributed by atoms with Crippen molar-refractivity contribution in [2.75, 3.05) is 76.1 Å². The molecule has 5 N–H and O–H groups in total. The van der Waals surface area contributed by atoms with Gasteiger partial charge in [-0.3, -0.25) is 29.1 Å². The number of hydrogen-bond acceptors (Lipinski definition) is 11. The van der Waals surface area contributed by atoms with Crippen molar-refractivity contribution in [2.45, 2.75) is 76.3 Å². The van der Waals surface area contributed by atoms with Gasteiger partial charge in [-0.1, -0.05) is 12.1 Å². The molecule has 0 bridgehead atoms. The fourth-order valence-corrected chi connectivity index (χ4v) is 7.10. The molecule has 6 rings (SSSR count). The second-order valence-electron chi connectivity index (χ2n) is 14.3. The van der Waals surface area contributed by atoms with Gasteiger partial charge in [-0.2, -0.15) is 0 Å². The van der Waals surface area contributed by atoms with Crippen LogP contribution in [0.3, 0.4) is 0 Å². The summed E-state index contributed by atoms with van der Waals surface area (Å²) in [6.07, 6.45) is 10.4. The molecule has 0 saturated carbocycles. The summed E-state index contributed by atoms with van der Waals surface area (Å²) >= 11 is 0. The molecule has 290 valence electrons. The number of alkyl halides is 1. The molecule has 14 nitrogen and oxygen atoms in total. The third-order valence-electron chi connectivity index (χ3n) is 10.0. The van der Waals surface area contributed by atoms with Gasteiger partial charge < -0.3 is 26.4 Å². The van der Waals surface area contributed by atoms with E-state index in [0.717, 1.165) is 93.9 Å². The van der Waals surface area contributed by atoms with Crippen LogP contribution < -0.4 is 21.3 Å². The summed E-state index contributed by atoms with van der Waals surface area (Å²) in [7, 11) is 0. The highest BCUT2D eigenvalue weighted by atomic mass is 19.3. The smallest absolute Gasteiger partial charge is 0.362 e. The van der Waals surface area contributed by atoms with E-state index in [4.69, 9.17) is 5.11 Å². The van der Waals surface area contributed by atoms with Crippen molar-refractivity contribution in [1.29, 1.82) is 0 Å². The maximum atomic E-state index is 14.3. The summed E-state index contributed by atoms with van der Waals surface area (Å²) in [6.45, 7) is 3.40. The van der Waals surface area contributed by atoms with Gasteiger partial charge in [0.1, 0.15) is 18.2 Å². The van der Waals surface area contributed by atoms with Crippen molar-refractivity contribution in [3.63, 3.8) is 0 Å². The molecule has 4 aliphatic rings. The van der Waals surface area contributed by atoms with E-state index in [9.17, 15) is 28.1 Å². The molecule has 0 aromatic carbocycles. The molecule has 2 fully saturated rings. The fraction of sp³-hybridized carbons (Fsp3) is 0.622. The average Bonchev–Trinajstić information content (AvgIpc) is 3.61. The zero-order valence-corrected chi connectivity index (χ0v) is 30.3. The molecule has 6 heterocycles. The number of carbonyl (C=O) groups is 4. The number of carbonyl (C=O) groups excluding carboxylic acids is 3. The molecule has 53 heavy (non-hydrogen) atoms. The first-order valence-corrected chi connectivity index (χ1v) is 18.8. The summed E-state index contributed by atoms with van der Waals surface area (Å²) in [6, 6.07) is 8.43. The molecule has 0 spiro atoms. The lowest BCUT2D eigenvalue weighted by Gasteiger charge is -2.42. The number of anilines is 2. The third-order valence-corrected chi connectivity index (χ3v) is 10.0. The van der Waals surface area contributed by atoms with Gasteiger partial charge in [0, 0.05) is 61.7 Å². The SMILES string of the molecule is O=C(CN1CC(F)(C(=O)NCCCCc2ccc3c(n2)NCCC3)C1)OF.O=C(O)CN1CC[C@H](C(=O)NCCCCc2ccc3c(n2)NCCC3)C1. The number of halogens is 2. The molecule has 0 unspecified atom stereocenters. The van der Waals surface area contributed by atoms with Crippen molar-refractivity contribution in [1.82, 2.24) is 30.4 Å². The molecule has 0 aliphatic carbocycles. The first kappa shape index (κ1) is 39.8. The number of carboxylic acid groups (broad SMARTS) is 1. The summed E-state index contributed by atoms with van der Waals surface area (Å²) in [4.78, 5) is 61.0. The molecule has 2 aromatic heterocycles. The second kappa shape index (κ2) is 19.6. The summed E-state index contributed by atoms with van der Waals surface area (Å²) in [5, 5.41) is 21.0. The highest BCUT2D eigenvalue weighted by molar-refractivity contribution is 5.87. The Hall–Kier alpha value is -4.44. The van der Waals surface area contributed by atoms with Gasteiger partial charge in [-0.05, 0) is 100 Å². The van der Waals surface area contributed by atoms with E-state index >= 15 is 0 Å². The maximum absolute atomic E-state index is 14.3. The zero-order chi connectivity index (χ0) is 37.6. The highest BCUT2D eigenvalue weighted by Gasteiger charge is 2.50. The average molecular weight is 743 g/mol. The van der Waals surface area contributed by atoms with E-state index in [0.29, 0.717) is 32.6 Å². The number of fused-ring (bicyclic) bond motifs is 2. The van der Waals surface area contributed by atoms with E-state index in [-0.39, 0.29) is 38.0 Å². The molecular weight excluding hydrogens is 690 g/mol. The van der Waals surface area contributed by atoms with E-state index in [1.807, 2.05) is 11.0 Å². The van der Waals surface area contributed by atoms with E-state index in [1.165, 1.54) is 22.4 Å². The highest BCUT2D eigenvalue weighted by Crippen LogP contribution is 2.26. The number of pyridine rings is 2. The van der Waals surface area contributed by atoms with E-state index < -0.39 is 23.5 Å². The van der Waals surface area contributed by atoms with Crippen molar-refractivity contribution in [3.8, 4) is 0 Å². The predicted molar refractivity (Wildman–Crippen MR) is 194 cm³/mol. The lowest BCUT2D eigenvalue weighted by molar-refractivity contribution is -0.188. The zero-order valence-electron chi connectivity index (χ0n) is 30.3. The van der Waals surface area contributed by atoms with Crippen LogP contribution in [-0.4, -0.2) is 120 Å². The van der Waals surface area contributed by atoms with Crippen molar-refractivity contribution in [2.24, 2.45) is 5.92 Å². The van der Waals surface area contributed by atoms with Crippen LogP contribution in [0.2, 0.25) is 0 Å². The van der Waals surface area contributed by atoms with Crippen LogP contribution in [0.15, 0.2) is 24.3 Å². The number of aryl methyl sites for hydroxylation is 4. The fourth-order valence-electron chi connectivity index (χ4n) is 7.10. The maximum Gasteiger partial charge on any atom is 0.362 e. The first-order valence-electron chi connectivity index (χ1n) is 18.8. The standard InChI is InChI=1S/C19H28N4O3.C18H24F2N4O3/c24-17(25)13-23-11-8-15(12-23)19(26)21-9-2-1-5-16-7-6-14-4-3-10-20-18(14)22-16;19-18(11-24(12-18)10-15(25)27-20)17(26)22-8-2-1-5-14-7-6-13-4-3-9-21-16(13)23-14/h6-7,15H,1-5,8-13H2,(H,20,22)(H,21,26)(H,24,25);6-7H,1-5,8-12H2,(H,21,23)(H,22,26)/t15-;/m0./s1. The number of carboxylic acids is 1. The van der Waals surface area contributed by atoms with E-state index in [1.54, 1.807) is 0 Å². The van der Waals surface area contributed by atoms with Crippen LogP contribution in [0, 0.1) is 5.92 Å². The normalized spacial score (nSPS) is 18.8. The number of nitrogens with one attached hydrogen (secondary N) is 4. The van der Waals surface area contributed by atoms with Gasteiger partial charge >= 0.3 is 11.9 Å². The minimum Gasteiger partial charge on any atom is -0.480 e. The molecule has 2 amide bonds. The molecule has 1 atom stereocenters. The van der Waals surface area contributed by atoms with Gasteiger partial charge in [-0.15, -0.1) is 0 Å². The Labute approximate surface area is 308 Å². The number of amides is 2. The Kier molecular flexibility index (Phi) is 14.7. The quantitative estimate of drug-likeness (QED) is 0.159. The minimum absolute atomic E-state index is 0.0203. The Balaban J connectivity index is 0.000000204. The molecule has 2 saturated heterocycles. The second-order valence-corrected chi connectivity index (χ2v) is 14.3. The summed E-state index contributed by atoms with van der Waals surface area (Å²) in [5.74, 6) is -0.646. The van der Waals surface area contributed by atoms with Gasteiger partial charge in [0.2, 0.25) is 11.6 Å². The number of rotatable bonds is 16. The topological polar surface area (TPSA) is 178 Å². The van der Waals surface area contributed by atoms with Crippen LogP contribution >= 0.6 is 0 Å². The predicted octanol–water partition coefficient (Wildman–Crippen LogP) is 2.62. The Morgan fingerprint density at radius 3 is 2.00 bits per heavy atom. The lowest BCUT2D eigenvalue weighted by Crippen LogP contribution is -2.66. The first-order chi connectivity index (χ1) is 25.6. The number of aromatic nitrogens is 2. The van der Waals surface area contributed by atoms with Gasteiger partial charge in [0.15, 0.2) is 0 Å². The van der Waals surface area contributed by atoms with Crippen LogP contribution in [0.4, 0.5) is 20.6 Å². The summed E-state index contributed by atoms with van der Waals surface area (Å²) in [5.41, 5.74) is 2.64. The third kappa shape index (κ3) is 12.0. The molecule has 16 heteroatoms. The molecule has 4 aliphatic heterocycles. The summed E-state index contributed by atoms with van der Waals surface area (Å²) < 4.78 is 26.0. The van der Waals surface area contributed by atoms with Crippen molar-refractivity contribution in [3.05, 3.63) is 46.8 Å². The molecule has 2 aromatic rings. The van der Waals surface area contributed by atoms with Crippen LogP contribution in [0.25, 0.3) is 0 Å². The van der Waals surface area contributed by atoms with Crippen LogP contribution in [0.1, 0.15) is 67.5 Å². The molecule has 0 radical (unpaired) electrons. The van der Waals surface area contributed by atoms with E-state index in [2.05, 4.69) is 54.4 Å². The number of nitrogens with zero attached hydrogens (tertiary/aromatic N) is 4. The Bertz CT molecular complexity index is 1580. The van der Waals surface area contributed by atoms with Crippen molar-refractivity contribution < 1.29 is 38.1 Å². The molecular formula is C37H52F2N8O6. The largest absolute Gasteiger partial charge is 0.480 e. The number of hydrogen-bond donors (Lipinski definition) is 5. The van der Waals surface area contributed by atoms with Gasteiger partial charge in [0.05, 0.1) is 12.5 Å². The van der Waals surface area contributed by atoms with Gasteiger partial charge in [0.25, 0.3) is 5.91 Å². The van der Waals surface area contributed by atoms with Crippen molar-refractivity contribution >= 4 is 35.4 Å². The lowest BCUT2D eigenvalue weighted by atomic mass is 9.95. The number of aliphatic carboxylic acids is 1. The minimum atomic E-state index is -2.03. The number of likely N-dealkylation sites (tertiary alicyclic amines) is 2. The van der Waals surface area contributed by atoms with Gasteiger partial charge in [-0.25, -0.2) is 19.2 Å².